The van der Waals surface area contributed by atoms with Gasteiger partial charge in [0.25, 0.3) is 5.91 Å². The van der Waals surface area contributed by atoms with E-state index in [9.17, 15) is 17.6 Å². The number of benzene rings is 2. The second-order valence-electron chi connectivity index (χ2n) is 4.83. The summed E-state index contributed by atoms with van der Waals surface area (Å²) >= 11 is 5.64. The zero-order chi connectivity index (χ0) is 17.4. The lowest BCUT2D eigenvalue weighted by Gasteiger charge is -2.11. The molecule has 0 spiro atoms. The molecule has 0 bridgehead atoms. The van der Waals surface area contributed by atoms with Crippen LogP contribution < -0.4 is 16.2 Å². The van der Waals surface area contributed by atoms with E-state index < -0.39 is 21.7 Å². The lowest BCUT2D eigenvalue weighted by atomic mass is 10.1. The van der Waals surface area contributed by atoms with Gasteiger partial charge in [-0.1, -0.05) is 11.6 Å². The summed E-state index contributed by atoms with van der Waals surface area (Å²) in [6.45, 7) is 1.59. The lowest BCUT2D eigenvalue weighted by molar-refractivity contribution is 0.102. The molecule has 1 amide bonds. The number of aryl methyl sites for hydroxylation is 1. The van der Waals surface area contributed by atoms with Crippen LogP contribution in [0, 0.1) is 12.7 Å². The first-order valence-electron chi connectivity index (χ1n) is 6.29. The third kappa shape index (κ3) is 3.79. The van der Waals surface area contributed by atoms with Gasteiger partial charge in [-0.25, -0.2) is 17.9 Å². The number of sulfonamides is 1. The van der Waals surface area contributed by atoms with Crippen molar-refractivity contribution in [2.75, 3.05) is 11.1 Å². The number of primary sulfonamides is 1. The Morgan fingerprint density at radius 3 is 2.48 bits per heavy atom. The normalized spacial score (nSPS) is 11.3. The lowest BCUT2D eigenvalue weighted by Crippen LogP contribution is -2.18. The average molecular weight is 358 g/mol. The first-order chi connectivity index (χ1) is 10.6. The number of halogens is 2. The Morgan fingerprint density at radius 2 is 1.91 bits per heavy atom. The average Bonchev–Trinajstić information content (AvgIpc) is 2.41. The van der Waals surface area contributed by atoms with Crippen molar-refractivity contribution in [2.45, 2.75) is 11.8 Å². The van der Waals surface area contributed by atoms with E-state index in [-0.39, 0.29) is 26.9 Å². The number of nitrogens with two attached hydrogens (primary N) is 2. The van der Waals surface area contributed by atoms with Gasteiger partial charge in [0, 0.05) is 11.3 Å². The summed E-state index contributed by atoms with van der Waals surface area (Å²) < 4.78 is 36.1. The van der Waals surface area contributed by atoms with Gasteiger partial charge in [0.05, 0.1) is 10.7 Å². The van der Waals surface area contributed by atoms with E-state index in [2.05, 4.69) is 5.32 Å². The zero-order valence-electron chi connectivity index (χ0n) is 11.9. The van der Waals surface area contributed by atoms with Crippen LogP contribution in [0.4, 0.5) is 15.8 Å². The number of carbonyl (C=O) groups is 1. The van der Waals surface area contributed by atoms with Gasteiger partial charge in [0.2, 0.25) is 10.0 Å². The Bertz CT molecular complexity index is 900. The number of hydrogen-bond acceptors (Lipinski definition) is 4. The van der Waals surface area contributed by atoms with Gasteiger partial charge >= 0.3 is 0 Å². The quantitative estimate of drug-likeness (QED) is 0.730. The number of carbonyl (C=O) groups excluding carboxylic acids is 1. The molecule has 0 saturated carbocycles. The number of rotatable bonds is 3. The van der Waals surface area contributed by atoms with Gasteiger partial charge in [-0.05, 0) is 42.8 Å². The Labute approximate surface area is 137 Å². The highest BCUT2D eigenvalue weighted by Crippen LogP contribution is 2.24. The van der Waals surface area contributed by atoms with Crippen LogP contribution in [0.5, 0.6) is 0 Å². The summed E-state index contributed by atoms with van der Waals surface area (Å²) in [6, 6.07) is 6.10. The molecule has 2 aromatic carbocycles. The Kier molecular flexibility index (Phi) is 4.60. The molecule has 5 N–H and O–H groups in total. The Balaban J connectivity index is 2.41. The SMILES string of the molecule is Cc1cc(N)c(S(N)(=O)=O)cc1C(=O)Nc1ccc(F)c(Cl)c1. The maximum Gasteiger partial charge on any atom is 0.255 e. The first kappa shape index (κ1) is 17.2. The van der Waals surface area contributed by atoms with Crippen molar-refractivity contribution < 1.29 is 17.6 Å². The zero-order valence-corrected chi connectivity index (χ0v) is 13.5. The number of nitrogen functional groups attached to an aromatic ring is 1. The van der Waals surface area contributed by atoms with Crippen LogP contribution in [0.2, 0.25) is 5.02 Å². The van der Waals surface area contributed by atoms with E-state index >= 15 is 0 Å². The summed E-state index contributed by atoms with van der Waals surface area (Å²) in [6.07, 6.45) is 0. The van der Waals surface area contributed by atoms with E-state index in [4.69, 9.17) is 22.5 Å². The highest BCUT2D eigenvalue weighted by atomic mass is 35.5. The molecule has 0 unspecified atom stereocenters. The topological polar surface area (TPSA) is 115 Å². The maximum atomic E-state index is 13.1. The minimum atomic E-state index is -4.07. The molecular formula is C14H13ClFN3O3S. The molecule has 6 nitrogen and oxygen atoms in total. The molecule has 23 heavy (non-hydrogen) atoms. The molecule has 0 saturated heterocycles. The van der Waals surface area contributed by atoms with E-state index in [0.29, 0.717) is 5.56 Å². The summed E-state index contributed by atoms with van der Waals surface area (Å²) in [7, 11) is -4.07. The first-order valence-corrected chi connectivity index (χ1v) is 8.21. The van der Waals surface area contributed by atoms with Crippen molar-refractivity contribution in [3.63, 3.8) is 0 Å². The van der Waals surface area contributed by atoms with Gasteiger partial charge < -0.3 is 11.1 Å². The van der Waals surface area contributed by atoms with Crippen LogP contribution in [0.1, 0.15) is 15.9 Å². The van der Waals surface area contributed by atoms with Crippen molar-refractivity contribution in [2.24, 2.45) is 5.14 Å². The molecule has 2 rings (SSSR count). The highest BCUT2D eigenvalue weighted by Gasteiger charge is 2.18. The van der Waals surface area contributed by atoms with Crippen LogP contribution in [-0.2, 0) is 10.0 Å². The Morgan fingerprint density at radius 1 is 1.26 bits per heavy atom. The third-order valence-corrected chi connectivity index (χ3v) is 4.34. The van der Waals surface area contributed by atoms with E-state index in [1.54, 1.807) is 6.92 Å². The second kappa shape index (κ2) is 6.15. The van der Waals surface area contributed by atoms with Crippen molar-refractivity contribution in [1.29, 1.82) is 0 Å². The predicted molar refractivity (Wildman–Crippen MR) is 86.3 cm³/mol. The van der Waals surface area contributed by atoms with Gasteiger partial charge in [-0.2, -0.15) is 0 Å². The molecule has 122 valence electrons. The smallest absolute Gasteiger partial charge is 0.255 e. The molecule has 0 aromatic heterocycles. The minimum absolute atomic E-state index is 0.0497. The number of hydrogen-bond donors (Lipinski definition) is 3. The monoisotopic (exact) mass is 357 g/mol. The molecule has 0 aliphatic rings. The van der Waals surface area contributed by atoms with E-state index in [1.165, 1.54) is 18.2 Å². The van der Waals surface area contributed by atoms with Crippen LogP contribution in [-0.4, -0.2) is 14.3 Å². The summed E-state index contributed by atoms with van der Waals surface area (Å²) in [5.41, 5.74) is 6.36. The predicted octanol–water partition coefficient (Wildman–Crippen LogP) is 2.27. The Hall–Kier alpha value is -2.16. The minimum Gasteiger partial charge on any atom is -0.398 e. The maximum absolute atomic E-state index is 13.1. The van der Waals surface area contributed by atoms with Crippen molar-refractivity contribution in [3.05, 3.63) is 52.3 Å². The standard InChI is InChI=1S/C14H13ClFN3O3S/c1-7-4-12(17)13(23(18,21)22)6-9(7)14(20)19-8-2-3-11(16)10(15)5-8/h2-6H,17H2,1H3,(H,19,20)(H2,18,21,22). The molecule has 0 aliphatic carbocycles. The van der Waals surface area contributed by atoms with Crippen LogP contribution >= 0.6 is 11.6 Å². The third-order valence-electron chi connectivity index (χ3n) is 3.09. The molecule has 0 radical (unpaired) electrons. The number of nitrogens with one attached hydrogen (secondary N) is 1. The molecule has 0 aliphatic heterocycles. The summed E-state index contributed by atoms with van der Waals surface area (Å²) in [5, 5.41) is 7.42. The number of amides is 1. The fraction of sp³-hybridized carbons (Fsp3) is 0.0714. The van der Waals surface area contributed by atoms with Crippen molar-refractivity contribution in [1.82, 2.24) is 0 Å². The van der Waals surface area contributed by atoms with Crippen LogP contribution in [0.3, 0.4) is 0 Å². The molecule has 0 fully saturated rings. The van der Waals surface area contributed by atoms with Crippen LogP contribution in [0.25, 0.3) is 0 Å². The highest BCUT2D eigenvalue weighted by molar-refractivity contribution is 7.89. The number of anilines is 2. The molecule has 0 atom stereocenters. The van der Waals surface area contributed by atoms with Gasteiger partial charge in [-0.15, -0.1) is 0 Å². The molecule has 9 heteroatoms. The van der Waals surface area contributed by atoms with Crippen molar-refractivity contribution in [3.8, 4) is 0 Å². The van der Waals surface area contributed by atoms with Crippen molar-refractivity contribution >= 4 is 38.9 Å². The van der Waals surface area contributed by atoms with Gasteiger partial charge in [0.1, 0.15) is 10.7 Å². The fourth-order valence-corrected chi connectivity index (χ4v) is 2.82. The van der Waals surface area contributed by atoms with Crippen LogP contribution in [0.15, 0.2) is 35.2 Å². The summed E-state index contributed by atoms with van der Waals surface area (Å²) in [5.74, 6) is -1.22. The van der Waals surface area contributed by atoms with E-state index in [0.717, 1.165) is 12.1 Å². The second-order valence-corrected chi connectivity index (χ2v) is 6.77. The van der Waals surface area contributed by atoms with Gasteiger partial charge in [-0.3, -0.25) is 4.79 Å². The molecular weight excluding hydrogens is 345 g/mol. The van der Waals surface area contributed by atoms with Gasteiger partial charge in [0.15, 0.2) is 0 Å². The molecule has 2 aromatic rings. The largest absolute Gasteiger partial charge is 0.398 e. The summed E-state index contributed by atoms with van der Waals surface area (Å²) in [4.78, 5) is 12.0. The fourth-order valence-electron chi connectivity index (χ4n) is 1.97. The molecule has 0 heterocycles. The van der Waals surface area contributed by atoms with E-state index in [1.807, 2.05) is 0 Å².